The van der Waals surface area contributed by atoms with Crippen molar-refractivity contribution in [2.45, 2.75) is 18.8 Å². The molecule has 0 atom stereocenters. The lowest BCUT2D eigenvalue weighted by Crippen LogP contribution is -2.26. The van der Waals surface area contributed by atoms with Crippen molar-refractivity contribution in [3.05, 3.63) is 28.8 Å². The van der Waals surface area contributed by atoms with Crippen molar-refractivity contribution in [2.24, 2.45) is 0 Å². The summed E-state index contributed by atoms with van der Waals surface area (Å²) in [6.07, 6.45) is 2.18. The smallest absolute Gasteiger partial charge is 0.120 e. The molecule has 3 heteroatoms. The first-order valence-electron chi connectivity index (χ1n) is 4.96. The molecule has 1 aliphatic rings. The van der Waals surface area contributed by atoms with Crippen LogP contribution in [0.5, 0.6) is 5.75 Å². The molecule has 1 fully saturated rings. The number of hydrogen-bond donors (Lipinski definition) is 2. The summed E-state index contributed by atoms with van der Waals surface area (Å²) < 4.78 is 0. The predicted octanol–water partition coefficient (Wildman–Crippen LogP) is 2.51. The average Bonchev–Trinajstić information content (AvgIpc) is 2.19. The Hall–Kier alpha value is -0.730. The van der Waals surface area contributed by atoms with Gasteiger partial charge in [-0.2, -0.15) is 0 Å². The maximum atomic E-state index is 9.74. The van der Waals surface area contributed by atoms with Crippen molar-refractivity contribution in [3.8, 4) is 5.75 Å². The fourth-order valence-electron chi connectivity index (χ4n) is 1.99. The van der Waals surface area contributed by atoms with E-state index >= 15 is 0 Å². The van der Waals surface area contributed by atoms with Gasteiger partial charge in [0.1, 0.15) is 5.75 Å². The van der Waals surface area contributed by atoms with E-state index in [2.05, 4.69) is 5.32 Å². The molecule has 1 saturated heterocycles. The maximum absolute atomic E-state index is 9.74. The monoisotopic (exact) mass is 211 g/mol. The van der Waals surface area contributed by atoms with Gasteiger partial charge in [0.05, 0.1) is 0 Å². The molecule has 1 aromatic rings. The van der Waals surface area contributed by atoms with Gasteiger partial charge in [0.25, 0.3) is 0 Å². The van der Waals surface area contributed by atoms with Gasteiger partial charge in [-0.1, -0.05) is 17.7 Å². The highest BCUT2D eigenvalue weighted by molar-refractivity contribution is 6.30. The van der Waals surface area contributed by atoms with E-state index in [0.29, 0.717) is 16.7 Å². The topological polar surface area (TPSA) is 32.3 Å². The SMILES string of the molecule is Oc1cc(Cl)ccc1C1CCNCC1. The van der Waals surface area contributed by atoms with Crippen molar-refractivity contribution >= 4 is 11.6 Å². The molecule has 2 nitrogen and oxygen atoms in total. The highest BCUT2D eigenvalue weighted by Crippen LogP contribution is 2.33. The van der Waals surface area contributed by atoms with Crippen LogP contribution in [-0.2, 0) is 0 Å². The zero-order valence-corrected chi connectivity index (χ0v) is 8.72. The Morgan fingerprint density at radius 1 is 1.29 bits per heavy atom. The molecular formula is C11H14ClNO. The van der Waals surface area contributed by atoms with Crippen LogP contribution >= 0.6 is 11.6 Å². The van der Waals surface area contributed by atoms with E-state index in [1.54, 1.807) is 6.07 Å². The molecule has 0 amide bonds. The Bertz CT molecular complexity index is 321. The van der Waals surface area contributed by atoms with Gasteiger partial charge in [0.15, 0.2) is 0 Å². The summed E-state index contributed by atoms with van der Waals surface area (Å²) in [7, 11) is 0. The fourth-order valence-corrected chi connectivity index (χ4v) is 2.16. The van der Waals surface area contributed by atoms with E-state index in [9.17, 15) is 5.11 Å². The van der Waals surface area contributed by atoms with Crippen molar-refractivity contribution in [2.75, 3.05) is 13.1 Å². The number of halogens is 1. The van der Waals surface area contributed by atoms with Gasteiger partial charge in [-0.15, -0.1) is 0 Å². The molecule has 1 aromatic carbocycles. The van der Waals surface area contributed by atoms with E-state index in [1.165, 1.54) is 0 Å². The minimum atomic E-state index is 0.337. The van der Waals surface area contributed by atoms with E-state index in [1.807, 2.05) is 12.1 Å². The first-order chi connectivity index (χ1) is 6.77. The molecule has 2 rings (SSSR count). The standard InChI is InChI=1S/C11H14ClNO/c12-9-1-2-10(11(14)7-9)8-3-5-13-6-4-8/h1-2,7-8,13-14H,3-6H2. The van der Waals surface area contributed by atoms with Gasteiger partial charge in [-0.05, 0) is 49.5 Å². The van der Waals surface area contributed by atoms with Crippen molar-refractivity contribution in [1.82, 2.24) is 5.32 Å². The lowest BCUT2D eigenvalue weighted by atomic mass is 9.90. The van der Waals surface area contributed by atoms with Crippen LogP contribution in [0.3, 0.4) is 0 Å². The number of aromatic hydroxyl groups is 1. The second kappa shape index (κ2) is 4.20. The lowest BCUT2D eigenvalue weighted by molar-refractivity contribution is 0.424. The summed E-state index contributed by atoms with van der Waals surface area (Å²) >= 11 is 5.78. The second-order valence-electron chi connectivity index (χ2n) is 3.73. The van der Waals surface area contributed by atoms with Crippen LogP contribution in [0, 0.1) is 0 Å². The van der Waals surface area contributed by atoms with Crippen LogP contribution in [0.2, 0.25) is 5.02 Å². The third-order valence-corrected chi connectivity index (χ3v) is 3.01. The van der Waals surface area contributed by atoms with Gasteiger partial charge in [-0.3, -0.25) is 0 Å². The molecule has 14 heavy (non-hydrogen) atoms. The number of benzene rings is 1. The summed E-state index contributed by atoms with van der Waals surface area (Å²) in [5, 5.41) is 13.6. The molecule has 0 saturated carbocycles. The summed E-state index contributed by atoms with van der Waals surface area (Å²) in [6, 6.07) is 5.41. The lowest BCUT2D eigenvalue weighted by Gasteiger charge is -2.23. The average molecular weight is 212 g/mol. The molecule has 2 N–H and O–H groups in total. The van der Waals surface area contributed by atoms with Crippen molar-refractivity contribution in [1.29, 1.82) is 0 Å². The number of piperidine rings is 1. The van der Waals surface area contributed by atoms with E-state index < -0.39 is 0 Å². The summed E-state index contributed by atoms with van der Waals surface area (Å²) in [4.78, 5) is 0. The summed E-state index contributed by atoms with van der Waals surface area (Å²) in [5.74, 6) is 0.818. The number of phenolic OH excluding ortho intramolecular Hbond substituents is 1. The van der Waals surface area contributed by atoms with Crippen LogP contribution < -0.4 is 5.32 Å². The van der Waals surface area contributed by atoms with Crippen molar-refractivity contribution in [3.63, 3.8) is 0 Å². The highest BCUT2D eigenvalue weighted by atomic mass is 35.5. The Morgan fingerprint density at radius 3 is 2.64 bits per heavy atom. The quantitative estimate of drug-likeness (QED) is 0.748. The summed E-state index contributed by atoms with van der Waals surface area (Å²) in [6.45, 7) is 2.07. The van der Waals surface area contributed by atoms with Crippen LogP contribution in [0.25, 0.3) is 0 Å². The third-order valence-electron chi connectivity index (χ3n) is 2.77. The zero-order chi connectivity index (χ0) is 9.97. The van der Waals surface area contributed by atoms with E-state index in [-0.39, 0.29) is 0 Å². The maximum Gasteiger partial charge on any atom is 0.120 e. The van der Waals surface area contributed by atoms with Crippen LogP contribution in [0.15, 0.2) is 18.2 Å². The number of nitrogens with one attached hydrogen (secondary N) is 1. The minimum Gasteiger partial charge on any atom is -0.508 e. The molecule has 1 aliphatic heterocycles. The van der Waals surface area contributed by atoms with Crippen LogP contribution in [-0.4, -0.2) is 18.2 Å². The Labute approximate surface area is 88.9 Å². The first-order valence-corrected chi connectivity index (χ1v) is 5.34. The minimum absolute atomic E-state index is 0.337. The van der Waals surface area contributed by atoms with Gasteiger partial charge in [0.2, 0.25) is 0 Å². The number of phenols is 1. The Balaban J connectivity index is 2.22. The Morgan fingerprint density at radius 2 is 2.00 bits per heavy atom. The number of hydrogen-bond acceptors (Lipinski definition) is 2. The molecule has 0 spiro atoms. The van der Waals surface area contributed by atoms with Crippen LogP contribution in [0.4, 0.5) is 0 Å². The molecule has 76 valence electrons. The molecule has 0 bridgehead atoms. The zero-order valence-electron chi connectivity index (χ0n) is 7.96. The van der Waals surface area contributed by atoms with E-state index in [0.717, 1.165) is 31.5 Å². The predicted molar refractivity (Wildman–Crippen MR) is 58.0 cm³/mol. The summed E-state index contributed by atoms with van der Waals surface area (Å²) in [5.41, 5.74) is 1.04. The third kappa shape index (κ3) is 2.02. The second-order valence-corrected chi connectivity index (χ2v) is 4.16. The highest BCUT2D eigenvalue weighted by Gasteiger charge is 2.17. The molecule has 1 heterocycles. The molecule has 0 radical (unpaired) electrons. The van der Waals surface area contributed by atoms with Gasteiger partial charge < -0.3 is 10.4 Å². The molecule has 0 aromatic heterocycles. The van der Waals surface area contributed by atoms with E-state index in [4.69, 9.17) is 11.6 Å². The molecular weight excluding hydrogens is 198 g/mol. The molecule has 0 aliphatic carbocycles. The Kier molecular flexibility index (Phi) is 2.94. The van der Waals surface area contributed by atoms with Crippen LogP contribution in [0.1, 0.15) is 24.3 Å². The van der Waals surface area contributed by atoms with Gasteiger partial charge in [0, 0.05) is 5.02 Å². The first kappa shape index (κ1) is 9.81. The van der Waals surface area contributed by atoms with Gasteiger partial charge >= 0.3 is 0 Å². The van der Waals surface area contributed by atoms with Crippen molar-refractivity contribution < 1.29 is 5.11 Å². The molecule has 0 unspecified atom stereocenters. The number of rotatable bonds is 1. The normalized spacial score (nSPS) is 18.4. The fraction of sp³-hybridized carbons (Fsp3) is 0.455. The largest absolute Gasteiger partial charge is 0.508 e. The van der Waals surface area contributed by atoms with Gasteiger partial charge in [-0.25, -0.2) is 0 Å².